The molecule has 0 aliphatic carbocycles. The van der Waals surface area contributed by atoms with Crippen LogP contribution in [0, 0.1) is 10.3 Å². The van der Waals surface area contributed by atoms with Crippen molar-refractivity contribution in [2.45, 2.75) is 10.2 Å². The Balaban J connectivity index is 0.000000240. The molecule has 0 aromatic rings. The van der Waals surface area contributed by atoms with Crippen molar-refractivity contribution in [3.05, 3.63) is 72.4 Å². The van der Waals surface area contributed by atoms with Crippen LogP contribution in [0.3, 0.4) is 0 Å². The van der Waals surface area contributed by atoms with Gasteiger partial charge in [0.25, 0.3) is 0 Å². The minimum atomic E-state index is -2.10. The van der Waals surface area contributed by atoms with Gasteiger partial charge in [-0.05, 0) is 24.3 Å². The van der Waals surface area contributed by atoms with E-state index in [4.69, 9.17) is 33.5 Å². The average molecular weight is 405 g/mol. The molecule has 2 aliphatic heterocycles. The molecule has 0 radical (unpaired) electrons. The van der Waals surface area contributed by atoms with Crippen molar-refractivity contribution in [3.63, 3.8) is 0 Å². The SMILES string of the molecule is N=[P+]([O-])C(Cl)C=C1C=CC=CN1.N=[P+]([O-])C(Cl)C=C1C=CC=CN1. The lowest BCUT2D eigenvalue weighted by Gasteiger charge is -2.05. The first kappa shape index (κ1) is 20.8. The summed E-state index contributed by atoms with van der Waals surface area (Å²) < 4.78 is 0. The zero-order chi connectivity index (χ0) is 17.9. The molecule has 0 fully saturated rings. The Morgan fingerprint density at radius 1 is 0.833 bits per heavy atom. The monoisotopic (exact) mass is 404 g/mol. The first-order chi connectivity index (χ1) is 11.4. The number of hydrogen-bond acceptors (Lipinski definition) is 6. The lowest BCUT2D eigenvalue weighted by Crippen LogP contribution is -2.07. The van der Waals surface area contributed by atoms with E-state index in [-0.39, 0.29) is 0 Å². The highest BCUT2D eigenvalue weighted by Crippen LogP contribution is 2.25. The zero-order valence-electron chi connectivity index (χ0n) is 12.4. The van der Waals surface area contributed by atoms with Gasteiger partial charge in [-0.2, -0.15) is 0 Å². The number of rotatable bonds is 4. The van der Waals surface area contributed by atoms with Crippen LogP contribution in [0.1, 0.15) is 0 Å². The molecule has 4 atom stereocenters. The van der Waals surface area contributed by atoms with Gasteiger partial charge in [0.15, 0.2) is 15.9 Å². The highest BCUT2D eigenvalue weighted by Gasteiger charge is 2.11. The van der Waals surface area contributed by atoms with Crippen molar-refractivity contribution in [2.75, 3.05) is 0 Å². The minimum absolute atomic E-state index is 0.723. The lowest BCUT2D eigenvalue weighted by atomic mass is 10.3. The van der Waals surface area contributed by atoms with Crippen LogP contribution in [0.2, 0.25) is 0 Å². The van der Waals surface area contributed by atoms with Crippen LogP contribution < -0.4 is 20.4 Å². The summed E-state index contributed by atoms with van der Waals surface area (Å²) in [7, 11) is -4.19. The topological polar surface area (TPSA) is 118 Å². The molecule has 0 saturated heterocycles. The van der Waals surface area contributed by atoms with Crippen LogP contribution in [0.25, 0.3) is 0 Å². The van der Waals surface area contributed by atoms with E-state index in [9.17, 15) is 9.79 Å². The maximum Gasteiger partial charge on any atom is 0.226 e. The fourth-order valence-corrected chi connectivity index (χ4v) is 2.32. The molecule has 0 spiro atoms. The molecule has 4 N–H and O–H groups in total. The molecule has 6 nitrogen and oxygen atoms in total. The van der Waals surface area contributed by atoms with Gasteiger partial charge in [-0.15, -0.1) is 10.3 Å². The maximum atomic E-state index is 10.6. The molecular formula is C14H16Cl2N4O2P2. The van der Waals surface area contributed by atoms with Crippen LogP contribution in [-0.4, -0.2) is 10.2 Å². The largest absolute Gasteiger partial charge is 0.611 e. The van der Waals surface area contributed by atoms with Gasteiger partial charge >= 0.3 is 0 Å². The second-order valence-corrected chi connectivity index (χ2v) is 8.33. The number of nitrogens with one attached hydrogen (secondary N) is 4. The molecular weight excluding hydrogens is 389 g/mol. The fraction of sp³-hybridized carbons (Fsp3) is 0.143. The quantitative estimate of drug-likeness (QED) is 0.424. The third kappa shape index (κ3) is 8.55. The summed E-state index contributed by atoms with van der Waals surface area (Å²) in [5.41, 5.74) is 1.54. The highest BCUT2D eigenvalue weighted by molar-refractivity contribution is 7.41. The van der Waals surface area contributed by atoms with Crippen LogP contribution >= 0.6 is 39.1 Å². The van der Waals surface area contributed by atoms with Crippen molar-refractivity contribution in [3.8, 4) is 0 Å². The zero-order valence-corrected chi connectivity index (χ0v) is 15.7. The third-order valence-corrected chi connectivity index (χ3v) is 5.06. The van der Waals surface area contributed by atoms with Gasteiger partial charge in [0.05, 0.1) is 0 Å². The second kappa shape index (κ2) is 11.3. The molecule has 128 valence electrons. The minimum Gasteiger partial charge on any atom is -0.611 e. The van der Waals surface area contributed by atoms with E-state index in [1.54, 1.807) is 36.7 Å². The molecule has 2 rings (SSSR count). The lowest BCUT2D eigenvalue weighted by molar-refractivity contribution is -0.157. The molecule has 0 aromatic heterocycles. The van der Waals surface area contributed by atoms with E-state index in [0.717, 1.165) is 11.4 Å². The average Bonchev–Trinajstić information content (AvgIpc) is 2.57. The first-order valence-corrected chi connectivity index (χ1v) is 10.2. The number of alkyl halides is 2. The summed E-state index contributed by atoms with van der Waals surface area (Å²) in [6.07, 6.45) is 17.6. The Morgan fingerprint density at radius 3 is 1.46 bits per heavy atom. The van der Waals surface area contributed by atoms with Gasteiger partial charge < -0.3 is 20.4 Å². The molecule has 10 heteroatoms. The molecule has 4 unspecified atom stereocenters. The van der Waals surface area contributed by atoms with Crippen LogP contribution in [0.15, 0.2) is 72.4 Å². The third-order valence-electron chi connectivity index (χ3n) is 2.55. The van der Waals surface area contributed by atoms with Crippen LogP contribution in [0.5, 0.6) is 0 Å². The second-order valence-electron chi connectivity index (χ2n) is 4.37. The fourth-order valence-electron chi connectivity index (χ4n) is 1.45. The van der Waals surface area contributed by atoms with E-state index in [2.05, 4.69) is 10.6 Å². The molecule has 2 heterocycles. The summed E-state index contributed by atoms with van der Waals surface area (Å²) in [5, 5.41) is 18.1. The van der Waals surface area contributed by atoms with Crippen LogP contribution in [0.4, 0.5) is 0 Å². The summed E-state index contributed by atoms with van der Waals surface area (Å²) in [6, 6.07) is 0. The molecule has 0 saturated carbocycles. The Labute approximate surface area is 152 Å². The molecule has 2 aliphatic rings. The van der Waals surface area contributed by atoms with Crippen molar-refractivity contribution in [2.24, 2.45) is 0 Å². The molecule has 0 bridgehead atoms. The number of allylic oxidation sites excluding steroid dienone is 8. The standard InChI is InChI=1S/2C7H8ClN2OP/c2*8-7(12(9)11)5-6-3-1-2-4-10-6/h2*1-5,7,9-10H. The van der Waals surface area contributed by atoms with Crippen LogP contribution in [-0.2, 0) is 0 Å². The Bertz CT molecular complexity index is 601. The van der Waals surface area contributed by atoms with Gasteiger partial charge in [-0.3, -0.25) is 0 Å². The molecule has 24 heavy (non-hydrogen) atoms. The Morgan fingerprint density at radius 2 is 1.21 bits per heavy atom. The van der Waals surface area contributed by atoms with Gasteiger partial charge in [-0.1, -0.05) is 35.4 Å². The van der Waals surface area contributed by atoms with Crippen molar-refractivity contribution in [1.82, 2.24) is 10.6 Å². The van der Waals surface area contributed by atoms with E-state index < -0.39 is 26.1 Å². The normalized spacial score (nSPS) is 22.2. The van der Waals surface area contributed by atoms with Gasteiger partial charge in [0.1, 0.15) is 0 Å². The first-order valence-electron chi connectivity index (χ1n) is 6.66. The van der Waals surface area contributed by atoms with E-state index >= 15 is 0 Å². The summed E-state index contributed by atoms with van der Waals surface area (Å²) in [5.74, 6) is 0. The molecule has 0 aromatic carbocycles. The Hall–Kier alpha value is -1.26. The molecule has 0 amide bonds. The van der Waals surface area contributed by atoms with Crippen molar-refractivity contribution >= 4 is 39.1 Å². The maximum absolute atomic E-state index is 10.6. The summed E-state index contributed by atoms with van der Waals surface area (Å²) in [4.78, 5) is 21.2. The predicted octanol–water partition coefficient (Wildman–Crippen LogP) is 3.26. The van der Waals surface area contributed by atoms with Gasteiger partial charge in [-0.25, -0.2) is 0 Å². The highest BCUT2D eigenvalue weighted by atomic mass is 35.5. The summed E-state index contributed by atoms with van der Waals surface area (Å²) >= 11 is 11.2. The van der Waals surface area contributed by atoms with E-state index in [1.165, 1.54) is 0 Å². The predicted molar refractivity (Wildman–Crippen MR) is 97.6 cm³/mol. The van der Waals surface area contributed by atoms with Crippen molar-refractivity contribution < 1.29 is 9.79 Å². The smallest absolute Gasteiger partial charge is 0.226 e. The van der Waals surface area contributed by atoms with Gasteiger partial charge in [0, 0.05) is 35.9 Å². The summed E-state index contributed by atoms with van der Waals surface area (Å²) in [6.45, 7) is 0. The Kier molecular flexibility index (Phi) is 9.80. The number of hydrogen-bond donors (Lipinski definition) is 4. The number of dihydropyridines is 2. The van der Waals surface area contributed by atoms with Crippen molar-refractivity contribution in [1.29, 1.82) is 10.3 Å². The van der Waals surface area contributed by atoms with E-state index in [1.807, 2.05) is 24.3 Å². The van der Waals surface area contributed by atoms with E-state index in [0.29, 0.717) is 0 Å². The number of halogens is 2. The van der Waals surface area contributed by atoms with Gasteiger partial charge in [0.2, 0.25) is 10.2 Å².